The van der Waals surface area contributed by atoms with Gasteiger partial charge in [0, 0.05) is 18.2 Å². The molecule has 1 aromatic carbocycles. The van der Waals surface area contributed by atoms with E-state index < -0.39 is 0 Å². The van der Waals surface area contributed by atoms with Crippen LogP contribution in [0.15, 0.2) is 48.7 Å². The first-order valence-electron chi connectivity index (χ1n) is 6.64. The van der Waals surface area contributed by atoms with E-state index >= 15 is 0 Å². The van der Waals surface area contributed by atoms with E-state index in [1.54, 1.807) is 7.11 Å². The number of methoxy groups -OCH3 is 1. The Hall–Kier alpha value is -2.33. The average Bonchev–Trinajstić information content (AvgIpc) is 2.86. The minimum atomic E-state index is 0.590. The summed E-state index contributed by atoms with van der Waals surface area (Å²) in [6, 6.07) is 14.0. The highest BCUT2D eigenvalue weighted by Crippen LogP contribution is 2.27. The predicted molar refractivity (Wildman–Crippen MR) is 79.9 cm³/mol. The van der Waals surface area contributed by atoms with Crippen LogP contribution in [0.2, 0.25) is 0 Å². The molecule has 3 aromatic rings. The van der Waals surface area contributed by atoms with E-state index in [0.29, 0.717) is 6.54 Å². The molecule has 102 valence electrons. The normalized spacial score (nSPS) is 10.9. The van der Waals surface area contributed by atoms with Crippen molar-refractivity contribution >= 4 is 5.65 Å². The van der Waals surface area contributed by atoms with Crippen molar-refractivity contribution in [3.8, 4) is 17.0 Å². The van der Waals surface area contributed by atoms with Gasteiger partial charge in [0.1, 0.15) is 11.4 Å². The Morgan fingerprint density at radius 1 is 1.15 bits per heavy atom. The van der Waals surface area contributed by atoms with E-state index in [1.807, 2.05) is 36.5 Å². The zero-order chi connectivity index (χ0) is 13.9. The van der Waals surface area contributed by atoms with Gasteiger partial charge in [-0.2, -0.15) is 0 Å². The van der Waals surface area contributed by atoms with E-state index in [1.165, 1.54) is 0 Å². The number of hydrogen-bond acceptors (Lipinski definition) is 3. The third-order valence-corrected chi connectivity index (χ3v) is 3.35. The standard InChI is InChI=1S/C16H17N3O/c1-20-13-7-5-12(6-8-13)16-14(9-10-17)18-15-4-2-3-11-19(15)16/h2-8,11H,9-10,17H2,1H3. The van der Waals surface area contributed by atoms with Crippen molar-refractivity contribution in [2.75, 3.05) is 13.7 Å². The molecule has 0 spiro atoms. The van der Waals surface area contributed by atoms with Gasteiger partial charge in [0.05, 0.1) is 18.5 Å². The van der Waals surface area contributed by atoms with Crippen molar-refractivity contribution in [1.82, 2.24) is 9.38 Å². The topological polar surface area (TPSA) is 52.5 Å². The smallest absolute Gasteiger partial charge is 0.137 e. The third kappa shape index (κ3) is 2.14. The van der Waals surface area contributed by atoms with E-state index in [-0.39, 0.29) is 0 Å². The maximum atomic E-state index is 5.71. The van der Waals surface area contributed by atoms with Crippen LogP contribution < -0.4 is 10.5 Å². The van der Waals surface area contributed by atoms with Gasteiger partial charge in [-0.3, -0.25) is 4.40 Å². The van der Waals surface area contributed by atoms with Crippen LogP contribution in [-0.4, -0.2) is 23.0 Å². The SMILES string of the molecule is COc1ccc(-c2c(CCN)nc3ccccn23)cc1. The number of aromatic nitrogens is 2. The lowest BCUT2D eigenvalue weighted by molar-refractivity contribution is 0.415. The van der Waals surface area contributed by atoms with Gasteiger partial charge >= 0.3 is 0 Å². The fraction of sp³-hybridized carbons (Fsp3) is 0.188. The van der Waals surface area contributed by atoms with Gasteiger partial charge in [-0.25, -0.2) is 4.98 Å². The molecule has 2 N–H and O–H groups in total. The minimum absolute atomic E-state index is 0.590. The highest BCUT2D eigenvalue weighted by Gasteiger charge is 2.13. The third-order valence-electron chi connectivity index (χ3n) is 3.35. The monoisotopic (exact) mass is 267 g/mol. The van der Waals surface area contributed by atoms with Crippen LogP contribution in [0.5, 0.6) is 5.75 Å². The summed E-state index contributed by atoms with van der Waals surface area (Å²) in [5, 5.41) is 0. The summed E-state index contributed by atoms with van der Waals surface area (Å²) in [6.07, 6.45) is 2.80. The summed E-state index contributed by atoms with van der Waals surface area (Å²) in [7, 11) is 1.67. The number of pyridine rings is 1. The van der Waals surface area contributed by atoms with Crippen LogP contribution in [0.25, 0.3) is 16.9 Å². The van der Waals surface area contributed by atoms with E-state index in [9.17, 15) is 0 Å². The van der Waals surface area contributed by atoms with Crippen molar-refractivity contribution in [3.05, 3.63) is 54.4 Å². The molecular formula is C16H17N3O. The zero-order valence-electron chi connectivity index (χ0n) is 11.4. The summed E-state index contributed by atoms with van der Waals surface area (Å²) in [4.78, 5) is 4.67. The van der Waals surface area contributed by atoms with Gasteiger partial charge < -0.3 is 10.5 Å². The van der Waals surface area contributed by atoms with Crippen molar-refractivity contribution < 1.29 is 4.74 Å². The van der Waals surface area contributed by atoms with Crippen LogP contribution in [0, 0.1) is 0 Å². The fourth-order valence-electron chi connectivity index (χ4n) is 2.41. The Labute approximate surface area is 117 Å². The molecule has 4 heteroatoms. The van der Waals surface area contributed by atoms with Crippen molar-refractivity contribution in [2.45, 2.75) is 6.42 Å². The second-order valence-electron chi connectivity index (χ2n) is 4.60. The number of nitrogens with two attached hydrogens (primary N) is 1. The van der Waals surface area contributed by atoms with E-state index in [4.69, 9.17) is 10.5 Å². The average molecular weight is 267 g/mol. The van der Waals surface area contributed by atoms with Crippen LogP contribution >= 0.6 is 0 Å². The number of imidazole rings is 1. The van der Waals surface area contributed by atoms with Gasteiger partial charge in [0.15, 0.2) is 0 Å². The second-order valence-corrected chi connectivity index (χ2v) is 4.60. The van der Waals surface area contributed by atoms with Crippen molar-refractivity contribution in [3.63, 3.8) is 0 Å². The number of ether oxygens (including phenoxy) is 1. The molecule has 4 nitrogen and oxygen atoms in total. The number of hydrogen-bond donors (Lipinski definition) is 1. The Morgan fingerprint density at radius 2 is 1.95 bits per heavy atom. The molecule has 0 bridgehead atoms. The maximum absolute atomic E-state index is 5.71. The lowest BCUT2D eigenvalue weighted by atomic mass is 10.1. The molecule has 0 saturated heterocycles. The molecule has 0 aliphatic carbocycles. The van der Waals surface area contributed by atoms with E-state index in [2.05, 4.69) is 21.5 Å². The van der Waals surface area contributed by atoms with Crippen LogP contribution in [0.4, 0.5) is 0 Å². The number of fused-ring (bicyclic) bond motifs is 1. The van der Waals surface area contributed by atoms with Crippen molar-refractivity contribution in [1.29, 1.82) is 0 Å². The molecule has 0 fully saturated rings. The minimum Gasteiger partial charge on any atom is -0.497 e. The lowest BCUT2D eigenvalue weighted by Crippen LogP contribution is -2.04. The molecule has 0 aliphatic rings. The molecule has 0 radical (unpaired) electrons. The molecule has 2 aromatic heterocycles. The largest absolute Gasteiger partial charge is 0.497 e. The fourth-order valence-corrected chi connectivity index (χ4v) is 2.41. The first-order valence-corrected chi connectivity index (χ1v) is 6.64. The van der Waals surface area contributed by atoms with Crippen LogP contribution in [0.3, 0.4) is 0 Å². The lowest BCUT2D eigenvalue weighted by Gasteiger charge is -2.06. The Kier molecular flexibility index (Phi) is 3.39. The van der Waals surface area contributed by atoms with Gasteiger partial charge in [-0.15, -0.1) is 0 Å². The molecule has 2 heterocycles. The quantitative estimate of drug-likeness (QED) is 0.790. The first kappa shape index (κ1) is 12.7. The van der Waals surface area contributed by atoms with Gasteiger partial charge in [-0.05, 0) is 42.9 Å². The maximum Gasteiger partial charge on any atom is 0.137 e. The van der Waals surface area contributed by atoms with Gasteiger partial charge in [0.25, 0.3) is 0 Å². The zero-order valence-corrected chi connectivity index (χ0v) is 11.4. The molecule has 3 rings (SSSR count). The molecule has 0 aliphatic heterocycles. The highest BCUT2D eigenvalue weighted by molar-refractivity contribution is 5.68. The summed E-state index contributed by atoms with van der Waals surface area (Å²) < 4.78 is 7.31. The second kappa shape index (κ2) is 5.35. The molecular weight excluding hydrogens is 250 g/mol. The number of benzene rings is 1. The summed E-state index contributed by atoms with van der Waals surface area (Å²) >= 11 is 0. The molecule has 0 saturated carbocycles. The molecule has 0 amide bonds. The Bertz CT molecular complexity index is 716. The van der Waals surface area contributed by atoms with Crippen LogP contribution in [0.1, 0.15) is 5.69 Å². The van der Waals surface area contributed by atoms with Crippen molar-refractivity contribution in [2.24, 2.45) is 5.73 Å². The van der Waals surface area contributed by atoms with Crippen LogP contribution in [-0.2, 0) is 6.42 Å². The summed E-state index contributed by atoms with van der Waals surface area (Å²) in [5.41, 5.74) is 9.91. The molecule has 0 unspecified atom stereocenters. The molecule has 0 atom stereocenters. The predicted octanol–water partition coefficient (Wildman–Crippen LogP) is 2.51. The van der Waals surface area contributed by atoms with E-state index in [0.717, 1.165) is 34.8 Å². The number of rotatable bonds is 4. The Balaban J connectivity index is 2.18. The van der Waals surface area contributed by atoms with Gasteiger partial charge in [0.2, 0.25) is 0 Å². The first-order chi connectivity index (χ1) is 9.83. The van der Waals surface area contributed by atoms with Gasteiger partial charge in [-0.1, -0.05) is 6.07 Å². The number of nitrogens with zero attached hydrogens (tertiary/aromatic N) is 2. The molecule has 20 heavy (non-hydrogen) atoms. The Morgan fingerprint density at radius 3 is 2.65 bits per heavy atom. The summed E-state index contributed by atoms with van der Waals surface area (Å²) in [6.45, 7) is 0.590. The highest BCUT2D eigenvalue weighted by atomic mass is 16.5. The summed E-state index contributed by atoms with van der Waals surface area (Å²) in [5.74, 6) is 0.850.